The molecular weight excluding hydrogens is 390 g/mol. The molecule has 31 heavy (non-hydrogen) atoms. The van der Waals surface area contributed by atoms with Gasteiger partial charge in [-0.2, -0.15) is 5.10 Å². The maximum absolute atomic E-state index is 12.8. The second-order valence-electron chi connectivity index (χ2n) is 9.73. The van der Waals surface area contributed by atoms with E-state index in [9.17, 15) is 4.79 Å². The highest BCUT2D eigenvalue weighted by Gasteiger charge is 2.35. The second-order valence-corrected chi connectivity index (χ2v) is 9.73. The first-order chi connectivity index (χ1) is 14.9. The molecule has 0 spiro atoms. The van der Waals surface area contributed by atoms with E-state index in [2.05, 4.69) is 29.0 Å². The van der Waals surface area contributed by atoms with Crippen LogP contribution in [0.2, 0.25) is 0 Å². The molecule has 0 saturated heterocycles. The maximum Gasteiger partial charge on any atom is 0.410 e. The van der Waals surface area contributed by atoms with Gasteiger partial charge in [-0.1, -0.05) is 18.2 Å². The van der Waals surface area contributed by atoms with Crippen LogP contribution in [-0.4, -0.2) is 46.1 Å². The molecule has 2 aromatic rings. The zero-order chi connectivity index (χ0) is 22.0. The molecule has 0 unspecified atom stereocenters. The topological polar surface area (TPSA) is 56.6 Å². The van der Waals surface area contributed by atoms with Crippen molar-refractivity contribution >= 4 is 22.6 Å². The van der Waals surface area contributed by atoms with Crippen molar-refractivity contribution in [3.8, 4) is 0 Å². The van der Waals surface area contributed by atoms with Crippen molar-refractivity contribution < 1.29 is 14.3 Å². The number of aryl methyl sites for hydroxylation is 1. The van der Waals surface area contributed by atoms with Crippen LogP contribution in [0.3, 0.4) is 0 Å². The van der Waals surface area contributed by atoms with E-state index in [0.29, 0.717) is 13.2 Å². The molecule has 1 saturated carbocycles. The third-order valence-electron chi connectivity index (χ3n) is 5.85. The van der Waals surface area contributed by atoms with Gasteiger partial charge in [0.2, 0.25) is 0 Å². The highest BCUT2D eigenvalue weighted by molar-refractivity contribution is 5.91. The highest BCUT2D eigenvalue weighted by atomic mass is 16.6. The lowest BCUT2D eigenvalue weighted by Crippen LogP contribution is -2.37. The van der Waals surface area contributed by atoms with Crippen molar-refractivity contribution in [3.05, 3.63) is 35.5 Å². The minimum Gasteiger partial charge on any atom is -0.444 e. The van der Waals surface area contributed by atoms with E-state index in [4.69, 9.17) is 14.6 Å². The molecule has 1 heterocycles. The van der Waals surface area contributed by atoms with Gasteiger partial charge >= 0.3 is 6.09 Å². The Balaban J connectivity index is 1.62. The fraction of sp³-hybridized carbons (Fsp3) is 0.600. The van der Waals surface area contributed by atoms with Gasteiger partial charge in [-0.05, 0) is 76.5 Å². The summed E-state index contributed by atoms with van der Waals surface area (Å²) >= 11 is 0. The standard InChI is InChI=1S/C25H35N3O3/c1-25(2,3)31-24(29)27(20-11-12-20)17-18-10-13-21-22(16-18)28(14-7-15-30-4)26-23(21)19-8-5-6-9-19/h8,10,13,16,20H,5-7,9,11-12,14-15,17H2,1-4H3. The molecule has 6 heteroatoms. The van der Waals surface area contributed by atoms with Gasteiger partial charge in [0.25, 0.3) is 0 Å². The lowest BCUT2D eigenvalue weighted by atomic mass is 10.1. The Kier molecular flexibility index (Phi) is 6.37. The zero-order valence-electron chi connectivity index (χ0n) is 19.3. The number of carbonyl (C=O) groups excluding carboxylic acids is 1. The monoisotopic (exact) mass is 425 g/mol. The average molecular weight is 426 g/mol. The smallest absolute Gasteiger partial charge is 0.410 e. The number of hydrogen-bond acceptors (Lipinski definition) is 4. The van der Waals surface area contributed by atoms with Crippen molar-refractivity contribution in [2.24, 2.45) is 0 Å². The molecule has 1 aromatic carbocycles. The molecule has 0 bridgehead atoms. The van der Waals surface area contributed by atoms with Gasteiger partial charge < -0.3 is 14.4 Å². The number of carbonyl (C=O) groups is 1. The molecule has 0 aliphatic heterocycles. The molecule has 0 atom stereocenters. The number of rotatable bonds is 8. The summed E-state index contributed by atoms with van der Waals surface area (Å²) in [5, 5.41) is 6.18. The number of fused-ring (bicyclic) bond motifs is 1. The first kappa shape index (κ1) is 21.9. The van der Waals surface area contributed by atoms with Crippen LogP contribution in [-0.2, 0) is 22.6 Å². The Morgan fingerprint density at radius 2 is 2.10 bits per heavy atom. The van der Waals surface area contributed by atoms with Crippen molar-refractivity contribution in [3.63, 3.8) is 0 Å². The van der Waals surface area contributed by atoms with E-state index in [1.165, 1.54) is 17.4 Å². The lowest BCUT2D eigenvalue weighted by Gasteiger charge is -2.27. The van der Waals surface area contributed by atoms with E-state index in [1.54, 1.807) is 7.11 Å². The average Bonchev–Trinajstić information content (AvgIpc) is 3.27. The molecule has 6 nitrogen and oxygen atoms in total. The predicted molar refractivity (Wildman–Crippen MR) is 123 cm³/mol. The molecule has 1 amide bonds. The molecule has 0 radical (unpaired) electrons. The third-order valence-corrected chi connectivity index (χ3v) is 5.85. The Morgan fingerprint density at radius 1 is 1.29 bits per heavy atom. The molecule has 1 aromatic heterocycles. The molecular formula is C25H35N3O3. The van der Waals surface area contributed by atoms with E-state index < -0.39 is 5.60 Å². The highest BCUT2D eigenvalue weighted by Crippen LogP contribution is 2.34. The number of ether oxygens (including phenoxy) is 2. The summed E-state index contributed by atoms with van der Waals surface area (Å²) in [4.78, 5) is 14.7. The first-order valence-electron chi connectivity index (χ1n) is 11.5. The Hall–Kier alpha value is -2.34. The molecule has 4 rings (SSSR count). The minimum absolute atomic E-state index is 0.222. The summed E-state index contributed by atoms with van der Waals surface area (Å²) in [7, 11) is 1.73. The van der Waals surface area contributed by atoms with Crippen LogP contribution in [0.1, 0.15) is 70.6 Å². The number of nitrogens with zero attached hydrogens (tertiary/aromatic N) is 3. The first-order valence-corrected chi connectivity index (χ1v) is 11.5. The Bertz CT molecular complexity index is 966. The van der Waals surface area contributed by atoms with E-state index in [-0.39, 0.29) is 12.1 Å². The summed E-state index contributed by atoms with van der Waals surface area (Å²) in [5.74, 6) is 0. The normalized spacial score (nSPS) is 16.6. The third kappa shape index (κ3) is 5.29. The van der Waals surface area contributed by atoms with Gasteiger partial charge in [0, 0.05) is 38.2 Å². The number of allylic oxidation sites excluding steroid dienone is 2. The number of aromatic nitrogens is 2. The predicted octanol–water partition coefficient (Wildman–Crippen LogP) is 5.54. The summed E-state index contributed by atoms with van der Waals surface area (Å²) < 4.78 is 13.0. The largest absolute Gasteiger partial charge is 0.444 e. The lowest BCUT2D eigenvalue weighted by molar-refractivity contribution is 0.0217. The number of methoxy groups -OCH3 is 1. The fourth-order valence-electron chi connectivity index (χ4n) is 4.22. The Labute approximate surface area is 185 Å². The van der Waals surface area contributed by atoms with Crippen molar-refractivity contribution in [2.45, 2.75) is 84.0 Å². The second kappa shape index (κ2) is 9.03. The van der Waals surface area contributed by atoms with Crippen LogP contribution < -0.4 is 0 Å². The van der Waals surface area contributed by atoms with Crippen LogP contribution in [0.4, 0.5) is 4.79 Å². The summed E-state index contributed by atoms with van der Waals surface area (Å²) in [6.07, 6.45) is 8.56. The van der Waals surface area contributed by atoms with Gasteiger partial charge in [0.15, 0.2) is 0 Å². The van der Waals surface area contributed by atoms with Gasteiger partial charge in [-0.15, -0.1) is 0 Å². The van der Waals surface area contributed by atoms with Crippen LogP contribution >= 0.6 is 0 Å². The quantitative estimate of drug-likeness (QED) is 0.521. The van der Waals surface area contributed by atoms with Crippen molar-refractivity contribution in [1.82, 2.24) is 14.7 Å². The number of benzene rings is 1. The van der Waals surface area contributed by atoms with Gasteiger partial charge in [-0.25, -0.2) is 4.79 Å². The van der Waals surface area contributed by atoms with Gasteiger partial charge in [-0.3, -0.25) is 4.68 Å². The van der Waals surface area contributed by atoms with Gasteiger partial charge in [0.1, 0.15) is 5.60 Å². The van der Waals surface area contributed by atoms with Crippen LogP contribution in [0.5, 0.6) is 0 Å². The zero-order valence-corrected chi connectivity index (χ0v) is 19.3. The van der Waals surface area contributed by atoms with Gasteiger partial charge in [0.05, 0.1) is 11.2 Å². The molecule has 168 valence electrons. The molecule has 2 aliphatic rings. The summed E-state index contributed by atoms with van der Waals surface area (Å²) in [6, 6.07) is 6.81. The van der Waals surface area contributed by atoms with Crippen LogP contribution in [0.15, 0.2) is 24.3 Å². The summed E-state index contributed by atoms with van der Waals surface area (Å²) in [6.45, 7) is 7.85. The molecule has 1 fully saturated rings. The van der Waals surface area contributed by atoms with E-state index in [0.717, 1.165) is 55.4 Å². The van der Waals surface area contributed by atoms with Crippen molar-refractivity contribution in [2.75, 3.05) is 13.7 Å². The SMILES string of the molecule is COCCCn1nc(C2=CCCC2)c2ccc(CN(C(=O)OC(C)(C)C)C3CC3)cc21. The summed E-state index contributed by atoms with van der Waals surface area (Å²) in [5.41, 5.74) is 4.23. The minimum atomic E-state index is -0.488. The van der Waals surface area contributed by atoms with E-state index in [1.807, 2.05) is 25.7 Å². The number of amides is 1. The molecule has 0 N–H and O–H groups in total. The van der Waals surface area contributed by atoms with Crippen molar-refractivity contribution in [1.29, 1.82) is 0 Å². The molecule has 2 aliphatic carbocycles. The van der Waals surface area contributed by atoms with Crippen LogP contribution in [0, 0.1) is 0 Å². The number of hydrogen-bond donors (Lipinski definition) is 0. The fourth-order valence-corrected chi connectivity index (χ4v) is 4.22. The van der Waals surface area contributed by atoms with Crippen LogP contribution in [0.25, 0.3) is 16.5 Å². The van der Waals surface area contributed by atoms with E-state index >= 15 is 0 Å². The maximum atomic E-state index is 12.8. The Morgan fingerprint density at radius 3 is 2.74 bits per heavy atom.